The Balaban J connectivity index is 1.79. The molecular weight excluding hydrogens is 372 g/mol. The lowest BCUT2D eigenvalue weighted by Crippen LogP contribution is -2.05. The van der Waals surface area contributed by atoms with Crippen LogP contribution in [0.3, 0.4) is 0 Å². The molecule has 2 aromatic carbocycles. The summed E-state index contributed by atoms with van der Waals surface area (Å²) in [4.78, 5) is 12.4. The normalized spacial score (nSPS) is 13.1. The van der Waals surface area contributed by atoms with Crippen molar-refractivity contribution < 1.29 is 4.74 Å². The van der Waals surface area contributed by atoms with Gasteiger partial charge in [0.1, 0.15) is 0 Å². The van der Waals surface area contributed by atoms with Crippen LogP contribution in [-0.4, -0.2) is 22.3 Å². The minimum absolute atomic E-state index is 0.601. The average Bonchev–Trinajstić information content (AvgIpc) is 2.98. The molecule has 1 aliphatic rings. The van der Waals surface area contributed by atoms with Crippen LogP contribution in [0.25, 0.3) is 32.0 Å². The molecule has 0 unspecified atom stereocenters. The number of hydrogen-bond donors (Lipinski definition) is 0. The van der Waals surface area contributed by atoms with Gasteiger partial charge in [0.15, 0.2) is 5.82 Å². The first-order valence-corrected chi connectivity index (χ1v) is 10.9. The van der Waals surface area contributed by atoms with Gasteiger partial charge in [-0.05, 0) is 19.4 Å². The van der Waals surface area contributed by atoms with E-state index < -0.39 is 0 Å². The van der Waals surface area contributed by atoms with Gasteiger partial charge in [-0.2, -0.15) is 4.98 Å². The van der Waals surface area contributed by atoms with E-state index in [4.69, 9.17) is 14.7 Å². The third-order valence-corrected chi connectivity index (χ3v) is 7.07. The molecule has 0 bridgehead atoms. The second-order valence-corrected chi connectivity index (χ2v) is 8.49. The summed E-state index contributed by atoms with van der Waals surface area (Å²) in [5, 5.41) is 1.33. The van der Waals surface area contributed by atoms with Gasteiger partial charge in [0, 0.05) is 31.9 Å². The quantitative estimate of drug-likeness (QED) is 0.425. The predicted octanol–water partition coefficient (Wildman–Crippen LogP) is 6.07. The lowest BCUT2D eigenvalue weighted by Gasteiger charge is -2.13. The first-order valence-electron chi connectivity index (χ1n) is 9.09. The van der Waals surface area contributed by atoms with Crippen LogP contribution in [0.5, 0.6) is 5.88 Å². The second kappa shape index (κ2) is 6.98. The maximum atomic E-state index is 5.96. The van der Waals surface area contributed by atoms with Crippen molar-refractivity contribution in [2.24, 2.45) is 0 Å². The Hall–Kier alpha value is -2.37. The fraction of sp³-hybridized carbons (Fsp3) is 0.182. The molecule has 0 N–H and O–H groups in total. The van der Waals surface area contributed by atoms with E-state index in [0.29, 0.717) is 6.61 Å². The third-order valence-electron chi connectivity index (χ3n) is 4.65. The van der Waals surface area contributed by atoms with E-state index in [1.165, 1.54) is 19.9 Å². The van der Waals surface area contributed by atoms with Gasteiger partial charge in [-0.15, -0.1) is 23.1 Å². The lowest BCUT2D eigenvalue weighted by molar-refractivity contribution is 0.323. The highest BCUT2D eigenvalue weighted by molar-refractivity contribution is 7.99. The van der Waals surface area contributed by atoms with Crippen LogP contribution in [0.15, 0.2) is 59.5 Å². The number of thiophene rings is 1. The smallest absolute Gasteiger partial charge is 0.220 e. The molecule has 1 aliphatic heterocycles. The van der Waals surface area contributed by atoms with E-state index in [1.807, 2.05) is 48.2 Å². The minimum atomic E-state index is 0.601. The molecule has 0 fully saturated rings. The molecule has 4 aromatic rings. The van der Waals surface area contributed by atoms with Crippen molar-refractivity contribution in [1.82, 2.24) is 9.97 Å². The lowest BCUT2D eigenvalue weighted by atomic mass is 10.1. The zero-order valence-corrected chi connectivity index (χ0v) is 16.6. The Morgan fingerprint density at radius 2 is 1.81 bits per heavy atom. The van der Waals surface area contributed by atoms with Crippen molar-refractivity contribution >= 4 is 33.2 Å². The summed E-state index contributed by atoms with van der Waals surface area (Å²) in [7, 11) is 0. The van der Waals surface area contributed by atoms with Crippen molar-refractivity contribution in [3.8, 4) is 27.8 Å². The van der Waals surface area contributed by atoms with Gasteiger partial charge in [-0.1, -0.05) is 48.5 Å². The minimum Gasteiger partial charge on any atom is -0.478 e. The fourth-order valence-corrected chi connectivity index (χ4v) is 5.98. The molecule has 0 amide bonds. The van der Waals surface area contributed by atoms with Gasteiger partial charge in [-0.25, -0.2) is 4.98 Å². The standard InChI is InChI=1S/C22H18N2OS2/c1-2-25-22-16-12-13-26-19-15-10-6-7-11-17(15)27-20(19)18(16)23-21(24-22)14-8-4-3-5-9-14/h3-11H,2,12-13H2,1H3. The van der Waals surface area contributed by atoms with Gasteiger partial charge in [0.05, 0.1) is 17.2 Å². The number of aromatic nitrogens is 2. The highest BCUT2D eigenvalue weighted by Crippen LogP contribution is 2.48. The van der Waals surface area contributed by atoms with E-state index in [0.717, 1.165) is 40.7 Å². The Kier molecular flexibility index (Phi) is 4.34. The van der Waals surface area contributed by atoms with Crippen LogP contribution in [0, 0.1) is 0 Å². The molecule has 3 heterocycles. The van der Waals surface area contributed by atoms with Crippen LogP contribution < -0.4 is 4.74 Å². The second-order valence-electron chi connectivity index (χ2n) is 6.33. The van der Waals surface area contributed by atoms with Gasteiger partial charge < -0.3 is 4.74 Å². The number of rotatable bonds is 3. The highest BCUT2D eigenvalue weighted by Gasteiger charge is 2.25. The van der Waals surface area contributed by atoms with Crippen molar-refractivity contribution in [3.63, 3.8) is 0 Å². The van der Waals surface area contributed by atoms with Gasteiger partial charge in [-0.3, -0.25) is 0 Å². The van der Waals surface area contributed by atoms with Gasteiger partial charge in [0.25, 0.3) is 0 Å². The summed E-state index contributed by atoms with van der Waals surface area (Å²) in [6, 6.07) is 18.8. The predicted molar refractivity (Wildman–Crippen MR) is 114 cm³/mol. The van der Waals surface area contributed by atoms with E-state index >= 15 is 0 Å². The largest absolute Gasteiger partial charge is 0.478 e. The Labute approximate surface area is 166 Å². The number of thioether (sulfide) groups is 1. The molecule has 5 rings (SSSR count). The maximum absolute atomic E-state index is 5.96. The van der Waals surface area contributed by atoms with Crippen LogP contribution in [0.2, 0.25) is 0 Å². The average molecular weight is 391 g/mol. The number of fused-ring (bicyclic) bond motifs is 5. The molecular formula is C22H18N2OS2. The molecule has 134 valence electrons. The molecule has 5 heteroatoms. The van der Waals surface area contributed by atoms with Crippen LogP contribution >= 0.6 is 23.1 Å². The first kappa shape index (κ1) is 16.8. The highest BCUT2D eigenvalue weighted by atomic mass is 32.2. The van der Waals surface area contributed by atoms with Crippen molar-refractivity contribution in [1.29, 1.82) is 0 Å². The molecule has 0 atom stereocenters. The van der Waals surface area contributed by atoms with Crippen LogP contribution in [-0.2, 0) is 6.42 Å². The number of hydrogen-bond acceptors (Lipinski definition) is 5. The Morgan fingerprint density at radius 1 is 1.00 bits per heavy atom. The molecule has 27 heavy (non-hydrogen) atoms. The molecule has 0 radical (unpaired) electrons. The first-order chi connectivity index (χ1) is 13.3. The van der Waals surface area contributed by atoms with E-state index in [2.05, 4.69) is 36.4 Å². The fourth-order valence-electron chi connectivity index (χ4n) is 3.43. The number of nitrogens with zero attached hydrogens (tertiary/aromatic N) is 2. The molecule has 3 nitrogen and oxygen atoms in total. The van der Waals surface area contributed by atoms with Crippen molar-refractivity contribution in [3.05, 3.63) is 60.2 Å². The topological polar surface area (TPSA) is 35.0 Å². The van der Waals surface area contributed by atoms with Crippen molar-refractivity contribution in [2.45, 2.75) is 18.2 Å². The summed E-state index contributed by atoms with van der Waals surface area (Å²) in [6.07, 6.45) is 0.917. The van der Waals surface area contributed by atoms with Crippen LogP contribution in [0.4, 0.5) is 0 Å². The zero-order chi connectivity index (χ0) is 18.2. The van der Waals surface area contributed by atoms with Crippen LogP contribution in [0.1, 0.15) is 12.5 Å². The zero-order valence-electron chi connectivity index (χ0n) is 14.9. The summed E-state index contributed by atoms with van der Waals surface area (Å²) < 4.78 is 7.26. The Morgan fingerprint density at radius 3 is 2.67 bits per heavy atom. The monoisotopic (exact) mass is 390 g/mol. The molecule has 0 saturated heterocycles. The van der Waals surface area contributed by atoms with E-state index in [1.54, 1.807) is 0 Å². The molecule has 0 saturated carbocycles. The van der Waals surface area contributed by atoms with Crippen molar-refractivity contribution in [2.75, 3.05) is 12.4 Å². The summed E-state index contributed by atoms with van der Waals surface area (Å²) in [5.41, 5.74) is 3.18. The van der Waals surface area contributed by atoms with Gasteiger partial charge in [0.2, 0.25) is 5.88 Å². The number of benzene rings is 2. The Bertz CT molecular complexity index is 1120. The van der Waals surface area contributed by atoms with E-state index in [9.17, 15) is 0 Å². The summed E-state index contributed by atoms with van der Waals surface area (Å²) in [6.45, 7) is 2.61. The summed E-state index contributed by atoms with van der Waals surface area (Å²) >= 11 is 3.74. The number of ether oxygens (including phenoxy) is 1. The molecule has 0 spiro atoms. The van der Waals surface area contributed by atoms with E-state index in [-0.39, 0.29) is 0 Å². The maximum Gasteiger partial charge on any atom is 0.220 e. The molecule has 2 aromatic heterocycles. The SMILES string of the molecule is CCOc1nc(-c2ccccc2)nc2c1CCSc1c-2sc2ccccc12. The molecule has 0 aliphatic carbocycles. The third kappa shape index (κ3) is 2.91. The summed E-state index contributed by atoms with van der Waals surface area (Å²) in [5.74, 6) is 2.47. The van der Waals surface area contributed by atoms with Gasteiger partial charge >= 0.3 is 0 Å².